The third-order valence-corrected chi connectivity index (χ3v) is 6.37. The van der Waals surface area contributed by atoms with Crippen molar-refractivity contribution >= 4 is 16.8 Å². The van der Waals surface area contributed by atoms with Crippen molar-refractivity contribution in [3.63, 3.8) is 0 Å². The van der Waals surface area contributed by atoms with Crippen molar-refractivity contribution in [2.24, 2.45) is 0 Å². The molecule has 0 spiro atoms. The number of H-pyrrole nitrogens is 1. The Morgan fingerprint density at radius 2 is 1.47 bits per heavy atom. The van der Waals surface area contributed by atoms with Crippen LogP contribution in [0.5, 0.6) is 5.75 Å². The molecule has 7 nitrogen and oxygen atoms in total. The number of para-hydroxylation sites is 1. The third kappa shape index (κ3) is 3.53. The first-order valence-electron chi connectivity index (χ1n) is 11.6. The van der Waals surface area contributed by atoms with E-state index in [1.807, 2.05) is 92.7 Å². The molecule has 0 unspecified atom stereocenters. The topological polar surface area (TPSA) is 85.2 Å². The van der Waals surface area contributed by atoms with Crippen LogP contribution in [0.25, 0.3) is 50.6 Å². The predicted molar refractivity (Wildman–Crippen MR) is 141 cm³/mol. The van der Waals surface area contributed by atoms with Crippen LogP contribution >= 0.6 is 0 Å². The monoisotopic (exact) mass is 473 g/mol. The van der Waals surface area contributed by atoms with Gasteiger partial charge in [-0.25, -0.2) is 14.5 Å². The van der Waals surface area contributed by atoms with Gasteiger partial charge in [0.05, 0.1) is 23.8 Å². The average molecular weight is 474 g/mol. The van der Waals surface area contributed by atoms with Gasteiger partial charge in [0.15, 0.2) is 11.5 Å². The smallest absolute Gasteiger partial charge is 0.270 e. The van der Waals surface area contributed by atoms with E-state index in [0.29, 0.717) is 33.9 Å². The van der Waals surface area contributed by atoms with Crippen molar-refractivity contribution in [2.75, 3.05) is 7.11 Å². The second-order valence-corrected chi connectivity index (χ2v) is 8.81. The number of hydrogen-bond acceptors (Lipinski definition) is 5. The number of ether oxygens (including phenoxy) is 1. The minimum atomic E-state index is -0.247. The molecule has 3 aromatic carbocycles. The van der Waals surface area contributed by atoms with Crippen molar-refractivity contribution in [2.45, 2.75) is 13.8 Å². The van der Waals surface area contributed by atoms with Crippen molar-refractivity contribution in [1.82, 2.24) is 24.6 Å². The van der Waals surface area contributed by atoms with Gasteiger partial charge < -0.3 is 4.74 Å². The summed E-state index contributed by atoms with van der Waals surface area (Å²) in [6.45, 7) is 4.09. The van der Waals surface area contributed by atoms with Crippen LogP contribution in [0.3, 0.4) is 0 Å². The summed E-state index contributed by atoms with van der Waals surface area (Å²) in [6, 6.07) is 25.7. The lowest BCUT2D eigenvalue weighted by molar-refractivity contribution is 0.416. The Morgan fingerprint density at radius 3 is 2.17 bits per heavy atom. The van der Waals surface area contributed by atoms with Crippen LogP contribution in [0.15, 0.2) is 83.7 Å². The second kappa shape index (κ2) is 8.46. The highest BCUT2D eigenvalue weighted by atomic mass is 16.5. The first-order chi connectivity index (χ1) is 17.5. The summed E-state index contributed by atoms with van der Waals surface area (Å²) in [5.41, 5.74) is 6.51. The first kappa shape index (κ1) is 21.7. The molecular weight excluding hydrogens is 450 g/mol. The molecule has 7 heteroatoms. The standard InChI is InChI=1S/C29H23N5O2/c1-17-8-12-19(13-9-17)22-16-23(20-14-10-18(2)11-15-20)30-26-25(22)28(35)34-27(32-33-29(34)31-26)21-6-4-5-7-24(21)36-3/h4-16H,1-3H3,(H,30,31,33). The first-order valence-corrected chi connectivity index (χ1v) is 11.6. The van der Waals surface area contributed by atoms with Gasteiger partial charge in [-0.1, -0.05) is 71.8 Å². The molecular formula is C29H23N5O2. The number of nitrogens with one attached hydrogen (secondary N) is 1. The van der Waals surface area contributed by atoms with E-state index in [0.717, 1.165) is 33.5 Å². The predicted octanol–water partition coefficient (Wildman–Crippen LogP) is 5.59. The number of aryl methyl sites for hydroxylation is 2. The molecule has 3 aromatic heterocycles. The van der Waals surface area contributed by atoms with Crippen LogP contribution in [-0.4, -0.2) is 31.7 Å². The lowest BCUT2D eigenvalue weighted by Gasteiger charge is -2.11. The van der Waals surface area contributed by atoms with Gasteiger partial charge in [-0.15, -0.1) is 0 Å². The van der Waals surface area contributed by atoms with Gasteiger partial charge in [0, 0.05) is 11.1 Å². The molecule has 1 N–H and O–H groups in total. The second-order valence-electron chi connectivity index (χ2n) is 8.81. The van der Waals surface area contributed by atoms with E-state index in [1.54, 1.807) is 7.11 Å². The lowest BCUT2D eigenvalue weighted by Crippen LogP contribution is -2.17. The molecule has 0 aliphatic carbocycles. The molecule has 176 valence electrons. The van der Waals surface area contributed by atoms with Crippen molar-refractivity contribution < 1.29 is 4.74 Å². The van der Waals surface area contributed by atoms with Crippen LogP contribution in [0, 0.1) is 13.8 Å². The zero-order valence-electron chi connectivity index (χ0n) is 20.1. The quantitative estimate of drug-likeness (QED) is 0.361. The summed E-state index contributed by atoms with van der Waals surface area (Å²) < 4.78 is 7.01. The largest absolute Gasteiger partial charge is 0.496 e. The highest BCUT2D eigenvalue weighted by molar-refractivity contribution is 5.95. The number of aromatic amines is 1. The van der Waals surface area contributed by atoms with Crippen LogP contribution < -0.4 is 10.3 Å². The van der Waals surface area contributed by atoms with Crippen LogP contribution in [0.1, 0.15) is 11.1 Å². The van der Waals surface area contributed by atoms with E-state index < -0.39 is 0 Å². The Kier molecular flexibility index (Phi) is 5.11. The normalized spacial score (nSPS) is 11.3. The highest BCUT2D eigenvalue weighted by Crippen LogP contribution is 2.32. The molecule has 0 saturated heterocycles. The van der Waals surface area contributed by atoms with Gasteiger partial charge in [-0.2, -0.15) is 10.1 Å². The van der Waals surface area contributed by atoms with E-state index in [1.165, 1.54) is 4.40 Å². The van der Waals surface area contributed by atoms with Gasteiger partial charge in [0.1, 0.15) is 5.75 Å². The van der Waals surface area contributed by atoms with Crippen LogP contribution in [-0.2, 0) is 0 Å². The van der Waals surface area contributed by atoms with E-state index in [2.05, 4.69) is 10.2 Å². The van der Waals surface area contributed by atoms with Gasteiger partial charge in [-0.3, -0.25) is 4.79 Å². The molecule has 36 heavy (non-hydrogen) atoms. The maximum Gasteiger partial charge on any atom is 0.270 e. The summed E-state index contributed by atoms with van der Waals surface area (Å²) in [5.74, 6) is 1.36. The number of hydrogen-bond donors (Lipinski definition) is 1. The van der Waals surface area contributed by atoms with E-state index in [4.69, 9.17) is 14.7 Å². The SMILES string of the molecule is COc1ccccc1-c1n[nH]c2nc3nc(-c4ccc(C)cc4)cc(-c4ccc(C)cc4)c3c(=O)n12. The molecule has 6 rings (SSSR count). The lowest BCUT2D eigenvalue weighted by atomic mass is 9.99. The summed E-state index contributed by atoms with van der Waals surface area (Å²) >= 11 is 0. The molecule has 3 heterocycles. The summed E-state index contributed by atoms with van der Waals surface area (Å²) in [7, 11) is 1.59. The van der Waals surface area contributed by atoms with Gasteiger partial charge in [0.2, 0.25) is 5.78 Å². The molecule has 0 bridgehead atoms. The number of methoxy groups -OCH3 is 1. The number of aromatic nitrogens is 5. The minimum absolute atomic E-state index is 0.247. The Labute approximate surface area is 207 Å². The highest BCUT2D eigenvalue weighted by Gasteiger charge is 2.20. The fourth-order valence-electron chi connectivity index (χ4n) is 4.45. The Morgan fingerprint density at radius 1 is 0.806 bits per heavy atom. The molecule has 6 aromatic rings. The summed E-state index contributed by atoms with van der Waals surface area (Å²) in [5, 5.41) is 7.78. The fourth-order valence-corrected chi connectivity index (χ4v) is 4.45. The number of benzene rings is 3. The molecule has 0 radical (unpaired) electrons. The number of fused-ring (bicyclic) bond motifs is 2. The fraction of sp³-hybridized carbons (Fsp3) is 0.103. The zero-order valence-corrected chi connectivity index (χ0v) is 20.1. The maximum absolute atomic E-state index is 14.1. The minimum Gasteiger partial charge on any atom is -0.496 e. The maximum atomic E-state index is 14.1. The van der Waals surface area contributed by atoms with E-state index in [-0.39, 0.29) is 5.56 Å². The Bertz CT molecular complexity index is 1800. The van der Waals surface area contributed by atoms with Crippen molar-refractivity contribution in [3.8, 4) is 39.5 Å². The Hall–Kier alpha value is -4.78. The molecule has 0 amide bonds. The zero-order chi connectivity index (χ0) is 24.8. The summed E-state index contributed by atoms with van der Waals surface area (Å²) in [6.07, 6.45) is 0. The van der Waals surface area contributed by atoms with Crippen LogP contribution in [0.2, 0.25) is 0 Å². The van der Waals surface area contributed by atoms with E-state index in [9.17, 15) is 4.79 Å². The average Bonchev–Trinajstić information content (AvgIpc) is 3.33. The third-order valence-electron chi connectivity index (χ3n) is 6.37. The van der Waals surface area contributed by atoms with Gasteiger partial charge in [-0.05, 0) is 37.6 Å². The molecule has 0 atom stereocenters. The molecule has 0 aliphatic heterocycles. The number of pyridine rings is 1. The van der Waals surface area contributed by atoms with Gasteiger partial charge in [0.25, 0.3) is 5.56 Å². The number of nitrogens with zero attached hydrogens (tertiary/aromatic N) is 4. The van der Waals surface area contributed by atoms with Crippen molar-refractivity contribution in [3.05, 3.63) is 100 Å². The van der Waals surface area contributed by atoms with Crippen LogP contribution in [0.4, 0.5) is 0 Å². The number of rotatable bonds is 4. The molecule has 0 saturated carbocycles. The summed E-state index contributed by atoms with van der Waals surface area (Å²) in [4.78, 5) is 23.6. The molecule has 0 fully saturated rings. The molecule has 0 aliphatic rings. The van der Waals surface area contributed by atoms with Crippen molar-refractivity contribution in [1.29, 1.82) is 0 Å². The van der Waals surface area contributed by atoms with E-state index >= 15 is 0 Å². The van der Waals surface area contributed by atoms with Gasteiger partial charge >= 0.3 is 0 Å². The Balaban J connectivity index is 1.69.